The molecule has 0 radical (unpaired) electrons. The zero-order valence-corrected chi connectivity index (χ0v) is 18.1. The lowest BCUT2D eigenvalue weighted by molar-refractivity contribution is 0.0743. The summed E-state index contributed by atoms with van der Waals surface area (Å²) in [6, 6.07) is 9.20. The first-order chi connectivity index (χ1) is 14.0. The molecular formula is C21H22ClN3O3S. The lowest BCUT2D eigenvalue weighted by Crippen LogP contribution is -2.48. The maximum Gasteiger partial charge on any atom is 0.257 e. The highest BCUT2D eigenvalue weighted by molar-refractivity contribution is 7.22. The zero-order chi connectivity index (χ0) is 20.5. The lowest BCUT2D eigenvalue weighted by Gasteiger charge is -2.34. The van der Waals surface area contributed by atoms with Crippen LogP contribution in [0.15, 0.2) is 30.3 Å². The van der Waals surface area contributed by atoms with E-state index in [1.54, 1.807) is 43.8 Å². The van der Waals surface area contributed by atoms with Crippen LogP contribution in [0.3, 0.4) is 0 Å². The van der Waals surface area contributed by atoms with Gasteiger partial charge in [0.15, 0.2) is 5.13 Å². The smallest absolute Gasteiger partial charge is 0.257 e. The highest BCUT2D eigenvalue weighted by Gasteiger charge is 2.26. The third-order valence-corrected chi connectivity index (χ3v) is 6.70. The Hall–Kier alpha value is -2.51. The Labute approximate surface area is 178 Å². The van der Waals surface area contributed by atoms with Crippen molar-refractivity contribution in [2.24, 2.45) is 0 Å². The molecule has 0 aliphatic carbocycles. The molecule has 8 heteroatoms. The molecule has 2 aromatic carbocycles. The van der Waals surface area contributed by atoms with Crippen molar-refractivity contribution in [3.63, 3.8) is 0 Å². The van der Waals surface area contributed by atoms with Crippen molar-refractivity contribution in [3.8, 4) is 11.5 Å². The number of carbonyl (C=O) groups excluding carboxylic acids is 1. The van der Waals surface area contributed by atoms with Crippen LogP contribution in [-0.2, 0) is 0 Å². The summed E-state index contributed by atoms with van der Waals surface area (Å²) in [6.45, 7) is 4.72. The number of benzene rings is 2. The summed E-state index contributed by atoms with van der Waals surface area (Å²) in [7, 11) is 3.15. The number of amides is 1. The number of rotatable bonds is 4. The van der Waals surface area contributed by atoms with E-state index in [1.807, 2.05) is 24.0 Å². The summed E-state index contributed by atoms with van der Waals surface area (Å²) in [5.74, 6) is 1.15. The SMILES string of the molecule is COc1ccc(C(=O)N2CCN(c3nc4c(C)c(Cl)ccc4s3)CC2)c(OC)c1. The van der Waals surface area contributed by atoms with Crippen molar-refractivity contribution in [2.45, 2.75) is 6.92 Å². The van der Waals surface area contributed by atoms with Gasteiger partial charge in [-0.05, 0) is 36.8 Å². The largest absolute Gasteiger partial charge is 0.497 e. The molecule has 4 rings (SSSR count). The molecule has 1 aliphatic heterocycles. The van der Waals surface area contributed by atoms with Crippen LogP contribution in [0, 0.1) is 6.92 Å². The van der Waals surface area contributed by atoms with Crippen LogP contribution in [0.2, 0.25) is 5.02 Å². The zero-order valence-electron chi connectivity index (χ0n) is 16.6. The van der Waals surface area contributed by atoms with Gasteiger partial charge in [0.05, 0.1) is 30.0 Å². The Morgan fingerprint density at radius 2 is 1.86 bits per heavy atom. The van der Waals surface area contributed by atoms with Gasteiger partial charge in [-0.25, -0.2) is 4.98 Å². The van der Waals surface area contributed by atoms with Crippen LogP contribution >= 0.6 is 22.9 Å². The van der Waals surface area contributed by atoms with E-state index in [0.717, 1.165) is 39.0 Å². The van der Waals surface area contributed by atoms with E-state index in [2.05, 4.69) is 4.90 Å². The second-order valence-electron chi connectivity index (χ2n) is 6.86. The molecule has 1 aromatic heterocycles. The van der Waals surface area contributed by atoms with Gasteiger partial charge in [-0.1, -0.05) is 22.9 Å². The number of anilines is 1. The topological polar surface area (TPSA) is 54.9 Å². The van der Waals surface area contributed by atoms with E-state index < -0.39 is 0 Å². The van der Waals surface area contributed by atoms with Crippen LogP contribution in [0.4, 0.5) is 5.13 Å². The van der Waals surface area contributed by atoms with Gasteiger partial charge in [0.1, 0.15) is 11.5 Å². The van der Waals surface area contributed by atoms with Crippen LogP contribution in [-0.4, -0.2) is 56.2 Å². The van der Waals surface area contributed by atoms with Gasteiger partial charge in [0.25, 0.3) is 5.91 Å². The molecule has 152 valence electrons. The fraction of sp³-hybridized carbons (Fsp3) is 0.333. The Morgan fingerprint density at radius 3 is 2.55 bits per heavy atom. The molecule has 3 aromatic rings. The monoisotopic (exact) mass is 431 g/mol. The number of nitrogens with zero attached hydrogens (tertiary/aromatic N) is 3. The second-order valence-corrected chi connectivity index (χ2v) is 8.28. The van der Waals surface area contributed by atoms with Gasteiger partial charge < -0.3 is 19.3 Å². The van der Waals surface area contributed by atoms with Crippen LogP contribution in [0.1, 0.15) is 15.9 Å². The van der Waals surface area contributed by atoms with Gasteiger partial charge in [0.2, 0.25) is 0 Å². The number of aryl methyl sites for hydroxylation is 1. The average molecular weight is 432 g/mol. The fourth-order valence-electron chi connectivity index (χ4n) is 3.47. The van der Waals surface area contributed by atoms with E-state index in [1.165, 1.54) is 0 Å². The summed E-state index contributed by atoms with van der Waals surface area (Å²) < 4.78 is 11.7. The Bertz CT molecular complexity index is 1060. The van der Waals surface area contributed by atoms with Crippen molar-refractivity contribution in [2.75, 3.05) is 45.3 Å². The van der Waals surface area contributed by atoms with Gasteiger partial charge >= 0.3 is 0 Å². The molecule has 0 spiro atoms. The van der Waals surface area contributed by atoms with Gasteiger partial charge in [0, 0.05) is 37.3 Å². The number of fused-ring (bicyclic) bond motifs is 1. The van der Waals surface area contributed by atoms with Crippen molar-refractivity contribution in [3.05, 3.63) is 46.5 Å². The van der Waals surface area contributed by atoms with Gasteiger partial charge in [-0.2, -0.15) is 0 Å². The summed E-state index contributed by atoms with van der Waals surface area (Å²) in [5, 5.41) is 1.71. The summed E-state index contributed by atoms with van der Waals surface area (Å²) in [5.41, 5.74) is 2.51. The Morgan fingerprint density at radius 1 is 1.10 bits per heavy atom. The predicted octanol–water partition coefficient (Wildman–Crippen LogP) is 4.24. The van der Waals surface area contributed by atoms with Crippen molar-refractivity contribution < 1.29 is 14.3 Å². The first-order valence-corrected chi connectivity index (χ1v) is 10.5. The number of carbonyl (C=O) groups is 1. The third-order valence-electron chi connectivity index (χ3n) is 5.21. The number of aromatic nitrogens is 1. The molecule has 2 heterocycles. The van der Waals surface area contributed by atoms with E-state index in [9.17, 15) is 4.79 Å². The molecule has 0 N–H and O–H groups in total. The normalized spacial score (nSPS) is 14.3. The predicted molar refractivity (Wildman–Crippen MR) is 117 cm³/mol. The fourth-order valence-corrected chi connectivity index (χ4v) is 4.70. The maximum absolute atomic E-state index is 13.0. The molecule has 0 atom stereocenters. The van der Waals surface area contributed by atoms with Crippen molar-refractivity contribution in [1.29, 1.82) is 0 Å². The third kappa shape index (κ3) is 3.72. The number of halogens is 1. The summed E-state index contributed by atoms with van der Waals surface area (Å²) >= 11 is 7.89. The highest BCUT2D eigenvalue weighted by Crippen LogP contribution is 2.34. The molecule has 0 bridgehead atoms. The molecule has 1 amide bonds. The van der Waals surface area contributed by atoms with Crippen LogP contribution in [0.5, 0.6) is 11.5 Å². The van der Waals surface area contributed by atoms with Gasteiger partial charge in [-0.15, -0.1) is 0 Å². The second kappa shape index (κ2) is 8.08. The summed E-state index contributed by atoms with van der Waals surface area (Å²) in [4.78, 5) is 21.9. The molecular weight excluding hydrogens is 410 g/mol. The number of methoxy groups -OCH3 is 2. The number of hydrogen-bond donors (Lipinski definition) is 0. The Balaban J connectivity index is 1.48. The van der Waals surface area contributed by atoms with E-state index in [-0.39, 0.29) is 5.91 Å². The molecule has 0 unspecified atom stereocenters. The highest BCUT2D eigenvalue weighted by atomic mass is 35.5. The standard InChI is InChI=1S/C21H22ClN3O3S/c1-13-16(22)6-7-18-19(13)23-21(29-18)25-10-8-24(9-11-25)20(26)15-5-4-14(27-2)12-17(15)28-3/h4-7,12H,8-11H2,1-3H3. The maximum atomic E-state index is 13.0. The minimum atomic E-state index is -0.0314. The van der Waals surface area contributed by atoms with Crippen molar-refractivity contribution >= 4 is 44.2 Å². The average Bonchev–Trinajstić information content (AvgIpc) is 3.20. The quantitative estimate of drug-likeness (QED) is 0.618. The number of thiazole rings is 1. The number of piperazine rings is 1. The Kier molecular flexibility index (Phi) is 5.52. The summed E-state index contributed by atoms with van der Waals surface area (Å²) in [6.07, 6.45) is 0. The van der Waals surface area contributed by atoms with E-state index >= 15 is 0 Å². The van der Waals surface area contributed by atoms with Gasteiger partial charge in [-0.3, -0.25) is 4.79 Å². The molecule has 1 aliphatic rings. The first-order valence-electron chi connectivity index (χ1n) is 9.33. The minimum absolute atomic E-state index is 0.0314. The molecule has 29 heavy (non-hydrogen) atoms. The van der Waals surface area contributed by atoms with Crippen LogP contribution < -0.4 is 14.4 Å². The van der Waals surface area contributed by atoms with Crippen molar-refractivity contribution in [1.82, 2.24) is 9.88 Å². The lowest BCUT2D eigenvalue weighted by atomic mass is 10.1. The number of ether oxygens (including phenoxy) is 2. The molecule has 0 saturated carbocycles. The van der Waals surface area contributed by atoms with Crippen LogP contribution in [0.25, 0.3) is 10.2 Å². The van der Waals surface area contributed by atoms with E-state index in [4.69, 9.17) is 26.1 Å². The molecule has 6 nitrogen and oxygen atoms in total. The van der Waals surface area contributed by atoms with E-state index in [0.29, 0.717) is 30.2 Å². The minimum Gasteiger partial charge on any atom is -0.497 e. The molecule has 1 fully saturated rings. The number of hydrogen-bond acceptors (Lipinski definition) is 6. The first kappa shape index (κ1) is 19.8. The molecule has 1 saturated heterocycles.